The number of aliphatic carboxylic acids is 1. The lowest BCUT2D eigenvalue weighted by Crippen LogP contribution is -2.15. The topological polar surface area (TPSA) is 98.0 Å². The van der Waals surface area contributed by atoms with Crippen molar-refractivity contribution in [3.05, 3.63) is 0 Å². The lowest BCUT2D eigenvalue weighted by molar-refractivity contribution is -0.137. The number of carboxylic acids is 1. The number of aliphatic hydroxyl groups is 3. The Hall–Kier alpha value is -0.650. The molecule has 0 unspecified atom stereocenters. The summed E-state index contributed by atoms with van der Waals surface area (Å²) >= 11 is 0. The van der Waals surface area contributed by atoms with Crippen molar-refractivity contribution in [2.24, 2.45) is 0 Å². The van der Waals surface area contributed by atoms with Gasteiger partial charge in [0.15, 0.2) is 0 Å². The zero-order valence-corrected chi connectivity index (χ0v) is 15.6. The smallest absolute Gasteiger partial charge is 0.303 e. The highest BCUT2D eigenvalue weighted by molar-refractivity contribution is 5.66. The molecule has 0 saturated carbocycles. The average molecular weight is 349 g/mol. The van der Waals surface area contributed by atoms with Crippen LogP contribution in [0.5, 0.6) is 0 Å². The molecule has 0 aliphatic heterocycles. The summed E-state index contributed by atoms with van der Waals surface area (Å²) in [6.07, 6.45) is 16.3. The molecule has 0 spiro atoms. The first-order valence-electron chi connectivity index (χ1n) is 9.70. The van der Waals surface area contributed by atoms with E-state index in [9.17, 15) is 4.79 Å². The molecule has 0 atom stereocenters. The van der Waals surface area contributed by atoms with Gasteiger partial charge in [0.25, 0.3) is 0 Å². The van der Waals surface area contributed by atoms with Crippen LogP contribution in [0.2, 0.25) is 0 Å². The molecule has 0 rings (SSSR count). The first-order valence-corrected chi connectivity index (χ1v) is 9.70. The summed E-state index contributed by atoms with van der Waals surface area (Å²) in [5.41, 5.74) is 0. The Bertz CT molecular complexity index is 242. The molecule has 0 fully saturated rings. The summed E-state index contributed by atoms with van der Waals surface area (Å²) in [5.74, 6) is -0.655. The molecule has 5 heteroatoms. The molecule has 0 aliphatic carbocycles. The van der Waals surface area contributed by atoms with Gasteiger partial charge in [0.05, 0.1) is 13.2 Å². The van der Waals surface area contributed by atoms with Crippen LogP contribution in [0.25, 0.3) is 0 Å². The monoisotopic (exact) mass is 348 g/mol. The molecule has 0 aliphatic rings. The predicted molar refractivity (Wildman–Crippen MR) is 98.1 cm³/mol. The summed E-state index contributed by atoms with van der Waals surface area (Å²) < 4.78 is 0. The fourth-order valence-electron chi connectivity index (χ4n) is 2.35. The van der Waals surface area contributed by atoms with Crippen molar-refractivity contribution in [3.63, 3.8) is 0 Å². The van der Waals surface area contributed by atoms with E-state index in [4.69, 9.17) is 20.4 Å². The number of hydrogen-bond acceptors (Lipinski definition) is 4. The molecule has 0 heterocycles. The molecule has 0 saturated heterocycles. The van der Waals surface area contributed by atoms with E-state index in [1.165, 1.54) is 70.6 Å². The second-order valence-corrected chi connectivity index (χ2v) is 6.41. The Morgan fingerprint density at radius 3 is 1.29 bits per heavy atom. The number of hydrogen-bond donors (Lipinski definition) is 4. The van der Waals surface area contributed by atoms with Gasteiger partial charge in [-0.15, -0.1) is 0 Å². The van der Waals surface area contributed by atoms with Crippen LogP contribution in [0.3, 0.4) is 0 Å². The van der Waals surface area contributed by atoms with Gasteiger partial charge in [-0.25, -0.2) is 0 Å². The fraction of sp³-hybridized carbons (Fsp3) is 0.947. The molecule has 0 radical (unpaired) electrons. The van der Waals surface area contributed by atoms with Crippen LogP contribution in [0.4, 0.5) is 0 Å². The highest BCUT2D eigenvalue weighted by atomic mass is 16.4. The number of aliphatic hydroxyl groups excluding tert-OH is 3. The molecular formula is C19H40O5. The van der Waals surface area contributed by atoms with Crippen molar-refractivity contribution in [1.29, 1.82) is 0 Å². The van der Waals surface area contributed by atoms with E-state index in [-0.39, 0.29) is 13.2 Å². The molecule has 5 nitrogen and oxygen atoms in total. The van der Waals surface area contributed by atoms with Gasteiger partial charge in [-0.2, -0.15) is 0 Å². The molecule has 0 aromatic carbocycles. The predicted octanol–water partition coefficient (Wildman–Crippen LogP) is 3.88. The van der Waals surface area contributed by atoms with Crippen molar-refractivity contribution >= 4 is 5.97 Å². The van der Waals surface area contributed by atoms with E-state index in [0.717, 1.165) is 12.8 Å². The Balaban J connectivity index is 0. The van der Waals surface area contributed by atoms with Gasteiger partial charge < -0.3 is 20.4 Å². The minimum Gasteiger partial charge on any atom is -0.481 e. The number of carbonyl (C=O) groups is 1. The molecule has 146 valence electrons. The van der Waals surface area contributed by atoms with Crippen molar-refractivity contribution in [3.8, 4) is 0 Å². The van der Waals surface area contributed by atoms with Crippen LogP contribution < -0.4 is 0 Å². The Kier molecular flexibility index (Phi) is 23.8. The van der Waals surface area contributed by atoms with Crippen LogP contribution in [-0.2, 0) is 4.79 Å². The van der Waals surface area contributed by atoms with E-state index < -0.39 is 12.1 Å². The third-order valence-corrected chi connectivity index (χ3v) is 3.92. The van der Waals surface area contributed by atoms with E-state index in [2.05, 4.69) is 6.92 Å². The van der Waals surface area contributed by atoms with Crippen LogP contribution in [0, 0.1) is 0 Å². The van der Waals surface area contributed by atoms with Gasteiger partial charge in [0.1, 0.15) is 6.10 Å². The molecule has 0 aromatic rings. The van der Waals surface area contributed by atoms with Gasteiger partial charge in [-0.3, -0.25) is 4.79 Å². The van der Waals surface area contributed by atoms with Gasteiger partial charge in [0, 0.05) is 6.42 Å². The summed E-state index contributed by atoms with van der Waals surface area (Å²) in [7, 11) is 0. The van der Waals surface area contributed by atoms with Crippen molar-refractivity contribution in [1.82, 2.24) is 0 Å². The Morgan fingerprint density at radius 2 is 1.04 bits per heavy atom. The minimum atomic E-state index is -0.954. The van der Waals surface area contributed by atoms with Gasteiger partial charge in [0.2, 0.25) is 0 Å². The highest BCUT2D eigenvalue weighted by Crippen LogP contribution is 2.12. The normalized spacial score (nSPS) is 10.5. The third kappa shape index (κ3) is 26.3. The number of rotatable bonds is 16. The van der Waals surface area contributed by atoms with Crippen molar-refractivity contribution in [2.45, 2.75) is 103 Å². The van der Waals surface area contributed by atoms with Crippen LogP contribution >= 0.6 is 0 Å². The lowest BCUT2D eigenvalue weighted by Gasteiger charge is -2.02. The second kappa shape index (κ2) is 22.4. The summed E-state index contributed by atoms with van der Waals surface area (Å²) in [4.78, 5) is 10.3. The average Bonchev–Trinajstić information content (AvgIpc) is 2.58. The van der Waals surface area contributed by atoms with Crippen LogP contribution in [0.1, 0.15) is 96.8 Å². The summed E-state index contributed by atoms with van der Waals surface area (Å²) in [5, 5.41) is 32.5. The van der Waals surface area contributed by atoms with Crippen molar-refractivity contribution in [2.75, 3.05) is 13.2 Å². The zero-order valence-electron chi connectivity index (χ0n) is 15.6. The molecular weight excluding hydrogens is 308 g/mol. The van der Waals surface area contributed by atoms with Gasteiger partial charge in [-0.1, -0.05) is 84.0 Å². The highest BCUT2D eigenvalue weighted by Gasteiger charge is 1.97. The van der Waals surface area contributed by atoms with Gasteiger partial charge >= 0.3 is 5.97 Å². The van der Waals surface area contributed by atoms with E-state index in [0.29, 0.717) is 6.42 Å². The Labute approximate surface area is 148 Å². The Morgan fingerprint density at radius 1 is 0.708 bits per heavy atom. The van der Waals surface area contributed by atoms with E-state index in [1.807, 2.05) is 0 Å². The lowest BCUT2D eigenvalue weighted by atomic mass is 10.0. The number of unbranched alkanes of at least 4 members (excludes halogenated alkanes) is 12. The fourth-order valence-corrected chi connectivity index (χ4v) is 2.35. The molecule has 0 aromatic heterocycles. The summed E-state index contributed by atoms with van der Waals surface area (Å²) in [6.45, 7) is 1.53. The molecule has 24 heavy (non-hydrogen) atoms. The van der Waals surface area contributed by atoms with E-state index in [1.54, 1.807) is 0 Å². The first-order chi connectivity index (χ1) is 11.6. The zero-order chi connectivity index (χ0) is 18.5. The second-order valence-electron chi connectivity index (χ2n) is 6.41. The minimum absolute atomic E-state index is 0.345. The maximum atomic E-state index is 10.3. The molecule has 4 N–H and O–H groups in total. The maximum Gasteiger partial charge on any atom is 0.303 e. The first kappa shape index (κ1) is 25.6. The van der Waals surface area contributed by atoms with Crippen molar-refractivity contribution < 1.29 is 25.2 Å². The quantitative estimate of drug-likeness (QED) is 0.317. The standard InChI is InChI=1S/C16H32O2.C3H8O3/c1-2-3-4-5-6-7-8-9-10-11-12-13-14-15-16(17)18;4-1-3(6)2-5/h2-15H2,1H3,(H,17,18);3-6H,1-2H2. The SMILES string of the molecule is CCCCCCCCCCCCCCCC(=O)O.OCC(O)CO. The molecule has 0 bridgehead atoms. The van der Waals surface area contributed by atoms with E-state index >= 15 is 0 Å². The van der Waals surface area contributed by atoms with Gasteiger partial charge in [-0.05, 0) is 6.42 Å². The third-order valence-electron chi connectivity index (χ3n) is 3.92. The maximum absolute atomic E-state index is 10.3. The number of carboxylic acid groups (broad SMARTS) is 1. The molecule has 0 amide bonds. The van der Waals surface area contributed by atoms with Crippen LogP contribution in [0.15, 0.2) is 0 Å². The summed E-state index contributed by atoms with van der Waals surface area (Å²) in [6, 6.07) is 0. The largest absolute Gasteiger partial charge is 0.481 e. The van der Waals surface area contributed by atoms with Crippen LogP contribution in [-0.4, -0.2) is 45.7 Å².